The molecule has 0 amide bonds. The van der Waals surface area contributed by atoms with Crippen LogP contribution in [-0.2, 0) is 0 Å². The topological polar surface area (TPSA) is 63.8 Å². The summed E-state index contributed by atoms with van der Waals surface area (Å²) in [6.07, 6.45) is 0. The van der Waals surface area contributed by atoms with Gasteiger partial charge >= 0.3 is 0 Å². The van der Waals surface area contributed by atoms with Crippen LogP contribution in [0.2, 0.25) is 5.02 Å². The Morgan fingerprint density at radius 2 is 2.06 bits per heavy atom. The van der Waals surface area contributed by atoms with Crippen LogP contribution in [0.15, 0.2) is 30.3 Å². The van der Waals surface area contributed by atoms with Crippen LogP contribution in [0.1, 0.15) is 5.69 Å². The lowest BCUT2D eigenvalue weighted by molar-refractivity contribution is 1.09. The Morgan fingerprint density at radius 3 is 2.75 bits per heavy atom. The Balaban J connectivity index is 2.51. The summed E-state index contributed by atoms with van der Waals surface area (Å²) in [5.74, 6) is 6.52. The number of nitrogens with two attached hydrogens (primary N) is 1. The average Bonchev–Trinajstić information content (AvgIpc) is 2.28. The van der Waals surface area contributed by atoms with Crippen molar-refractivity contribution in [1.82, 2.24) is 9.97 Å². The van der Waals surface area contributed by atoms with Crippen molar-refractivity contribution in [3.05, 3.63) is 41.0 Å². The maximum atomic E-state index is 5.91. The molecule has 0 aliphatic rings. The lowest BCUT2D eigenvalue weighted by Gasteiger charge is -2.05. The van der Waals surface area contributed by atoms with Crippen LogP contribution in [0.3, 0.4) is 0 Å². The zero-order chi connectivity index (χ0) is 11.5. The van der Waals surface area contributed by atoms with Crippen molar-refractivity contribution in [1.29, 1.82) is 0 Å². The molecule has 0 unspecified atom stereocenters. The summed E-state index contributed by atoms with van der Waals surface area (Å²) in [4.78, 5) is 8.59. The fourth-order valence-electron chi connectivity index (χ4n) is 1.40. The maximum absolute atomic E-state index is 5.91. The molecule has 5 heteroatoms. The molecular weight excluding hydrogens is 224 g/mol. The Bertz CT molecular complexity index is 513. The summed E-state index contributed by atoms with van der Waals surface area (Å²) < 4.78 is 0. The molecule has 0 atom stereocenters. The normalized spacial score (nSPS) is 10.2. The number of hydrogen-bond donors (Lipinski definition) is 2. The van der Waals surface area contributed by atoms with E-state index in [1.165, 1.54) is 0 Å². The molecule has 1 aromatic carbocycles. The van der Waals surface area contributed by atoms with Crippen LogP contribution in [0.25, 0.3) is 11.4 Å². The molecule has 0 saturated carbocycles. The molecule has 2 rings (SSSR count). The molecule has 0 fully saturated rings. The molecular formula is C11H11ClN4. The smallest absolute Gasteiger partial charge is 0.161 e. The number of benzene rings is 1. The van der Waals surface area contributed by atoms with Gasteiger partial charge in [0, 0.05) is 22.3 Å². The molecule has 0 spiro atoms. The summed E-state index contributed by atoms with van der Waals surface area (Å²) in [5, 5.41) is 0.657. The second kappa shape index (κ2) is 4.47. The van der Waals surface area contributed by atoms with Gasteiger partial charge in [-0.2, -0.15) is 0 Å². The average molecular weight is 235 g/mol. The Kier molecular flexibility index (Phi) is 3.03. The predicted molar refractivity (Wildman–Crippen MR) is 65.0 cm³/mol. The zero-order valence-corrected chi connectivity index (χ0v) is 9.49. The molecule has 0 aliphatic carbocycles. The molecule has 3 N–H and O–H groups in total. The first kappa shape index (κ1) is 10.9. The van der Waals surface area contributed by atoms with Crippen LogP contribution in [0.5, 0.6) is 0 Å². The van der Waals surface area contributed by atoms with Crippen molar-refractivity contribution >= 4 is 17.4 Å². The van der Waals surface area contributed by atoms with Gasteiger partial charge < -0.3 is 5.43 Å². The van der Waals surface area contributed by atoms with Crippen molar-refractivity contribution in [2.24, 2.45) is 5.84 Å². The first-order valence-corrected chi connectivity index (χ1v) is 5.15. The zero-order valence-electron chi connectivity index (χ0n) is 8.74. The highest BCUT2D eigenvalue weighted by molar-refractivity contribution is 6.30. The summed E-state index contributed by atoms with van der Waals surface area (Å²) >= 11 is 5.91. The predicted octanol–water partition coefficient (Wildman–Crippen LogP) is 2.39. The standard InChI is InChI=1S/C11H11ClN4/c1-7-5-10(16-13)15-11(14-7)8-3-2-4-9(12)6-8/h2-6H,13H2,1H3,(H,14,15,16). The van der Waals surface area contributed by atoms with E-state index in [0.717, 1.165) is 11.3 Å². The number of anilines is 1. The van der Waals surface area contributed by atoms with Gasteiger partial charge in [0.05, 0.1) is 0 Å². The lowest BCUT2D eigenvalue weighted by Crippen LogP contribution is -2.09. The van der Waals surface area contributed by atoms with Crippen molar-refractivity contribution in [2.75, 3.05) is 5.43 Å². The fraction of sp³-hybridized carbons (Fsp3) is 0.0909. The number of nitrogen functional groups attached to an aromatic ring is 1. The van der Waals surface area contributed by atoms with E-state index in [0.29, 0.717) is 16.7 Å². The van der Waals surface area contributed by atoms with Crippen molar-refractivity contribution in [2.45, 2.75) is 6.92 Å². The molecule has 0 bridgehead atoms. The Hall–Kier alpha value is -1.65. The number of aromatic nitrogens is 2. The molecule has 16 heavy (non-hydrogen) atoms. The van der Waals surface area contributed by atoms with E-state index >= 15 is 0 Å². The van der Waals surface area contributed by atoms with Crippen LogP contribution < -0.4 is 11.3 Å². The monoisotopic (exact) mass is 234 g/mol. The molecule has 4 nitrogen and oxygen atoms in total. The third-order valence-corrected chi connectivity index (χ3v) is 2.32. The molecule has 0 radical (unpaired) electrons. The number of hydrogen-bond acceptors (Lipinski definition) is 4. The number of aryl methyl sites for hydroxylation is 1. The summed E-state index contributed by atoms with van der Waals surface area (Å²) in [7, 11) is 0. The number of rotatable bonds is 2. The third-order valence-electron chi connectivity index (χ3n) is 2.08. The van der Waals surface area contributed by atoms with E-state index in [1.807, 2.05) is 31.2 Å². The molecule has 0 saturated heterocycles. The van der Waals surface area contributed by atoms with Gasteiger partial charge in [-0.1, -0.05) is 23.7 Å². The van der Waals surface area contributed by atoms with Gasteiger partial charge in [0.25, 0.3) is 0 Å². The highest BCUT2D eigenvalue weighted by atomic mass is 35.5. The molecule has 0 aliphatic heterocycles. The highest BCUT2D eigenvalue weighted by Crippen LogP contribution is 2.20. The summed E-state index contributed by atoms with van der Waals surface area (Å²) in [6.45, 7) is 1.89. The van der Waals surface area contributed by atoms with Crippen molar-refractivity contribution in [3.63, 3.8) is 0 Å². The molecule has 82 valence electrons. The van der Waals surface area contributed by atoms with Gasteiger partial charge in [-0.15, -0.1) is 0 Å². The number of hydrazine groups is 1. The van der Waals surface area contributed by atoms with Crippen LogP contribution in [0.4, 0.5) is 5.82 Å². The first-order valence-electron chi connectivity index (χ1n) is 4.77. The third kappa shape index (κ3) is 2.29. The number of nitrogens with zero attached hydrogens (tertiary/aromatic N) is 2. The van der Waals surface area contributed by atoms with Gasteiger partial charge in [0.15, 0.2) is 5.82 Å². The van der Waals surface area contributed by atoms with E-state index in [-0.39, 0.29) is 0 Å². The molecule has 1 aromatic heterocycles. The van der Waals surface area contributed by atoms with Gasteiger partial charge in [-0.25, -0.2) is 15.8 Å². The van der Waals surface area contributed by atoms with E-state index in [9.17, 15) is 0 Å². The van der Waals surface area contributed by atoms with E-state index in [2.05, 4.69) is 15.4 Å². The Morgan fingerprint density at radius 1 is 1.25 bits per heavy atom. The van der Waals surface area contributed by atoms with Crippen LogP contribution in [-0.4, -0.2) is 9.97 Å². The molecule has 2 aromatic rings. The number of halogens is 1. The van der Waals surface area contributed by atoms with E-state index in [1.54, 1.807) is 6.07 Å². The maximum Gasteiger partial charge on any atom is 0.161 e. The van der Waals surface area contributed by atoms with Crippen LogP contribution >= 0.6 is 11.6 Å². The minimum atomic E-state index is 0.586. The lowest BCUT2D eigenvalue weighted by atomic mass is 10.2. The minimum Gasteiger partial charge on any atom is -0.308 e. The summed E-state index contributed by atoms with van der Waals surface area (Å²) in [6, 6.07) is 9.16. The summed E-state index contributed by atoms with van der Waals surface area (Å²) in [5.41, 5.74) is 4.22. The highest BCUT2D eigenvalue weighted by Gasteiger charge is 2.04. The quantitative estimate of drug-likeness (QED) is 0.619. The number of nitrogens with one attached hydrogen (secondary N) is 1. The van der Waals surface area contributed by atoms with Gasteiger partial charge in [-0.05, 0) is 19.1 Å². The Labute approximate surface area is 98.5 Å². The second-order valence-electron chi connectivity index (χ2n) is 3.37. The van der Waals surface area contributed by atoms with E-state index in [4.69, 9.17) is 17.4 Å². The van der Waals surface area contributed by atoms with Gasteiger partial charge in [-0.3, -0.25) is 0 Å². The van der Waals surface area contributed by atoms with Gasteiger partial charge in [0.2, 0.25) is 0 Å². The van der Waals surface area contributed by atoms with E-state index < -0.39 is 0 Å². The van der Waals surface area contributed by atoms with Crippen LogP contribution in [0, 0.1) is 6.92 Å². The molecule has 1 heterocycles. The largest absolute Gasteiger partial charge is 0.308 e. The fourth-order valence-corrected chi connectivity index (χ4v) is 1.59. The minimum absolute atomic E-state index is 0.586. The first-order chi connectivity index (χ1) is 7.69. The van der Waals surface area contributed by atoms with Crippen molar-refractivity contribution < 1.29 is 0 Å². The second-order valence-corrected chi connectivity index (χ2v) is 3.81. The van der Waals surface area contributed by atoms with Crippen molar-refractivity contribution in [3.8, 4) is 11.4 Å². The van der Waals surface area contributed by atoms with Gasteiger partial charge in [0.1, 0.15) is 5.82 Å². The SMILES string of the molecule is Cc1cc(NN)nc(-c2cccc(Cl)c2)n1.